The molecular formula is C20H18ClNO5. The maximum Gasteiger partial charge on any atom is 0.374 e. The number of methoxy groups -OCH3 is 1. The van der Waals surface area contributed by atoms with E-state index in [0.717, 1.165) is 5.39 Å². The summed E-state index contributed by atoms with van der Waals surface area (Å²) in [5, 5.41) is 3.94. The fraction of sp³-hybridized carbons (Fsp3) is 0.200. The molecule has 0 fully saturated rings. The van der Waals surface area contributed by atoms with Gasteiger partial charge in [0.25, 0.3) is 5.91 Å². The molecule has 140 valence electrons. The van der Waals surface area contributed by atoms with Crippen LogP contribution in [0.1, 0.15) is 33.4 Å². The molecule has 1 N–H and O–H groups in total. The van der Waals surface area contributed by atoms with Crippen LogP contribution in [0, 0.1) is 0 Å². The minimum Gasteiger partial charge on any atom is -0.496 e. The lowest BCUT2D eigenvalue weighted by Crippen LogP contribution is -2.24. The van der Waals surface area contributed by atoms with Crippen molar-refractivity contribution in [3.05, 3.63) is 64.4 Å². The van der Waals surface area contributed by atoms with Crippen LogP contribution in [0.5, 0.6) is 5.75 Å². The average Bonchev–Trinajstić information content (AvgIpc) is 3.05. The largest absolute Gasteiger partial charge is 0.496 e. The second-order valence-corrected chi connectivity index (χ2v) is 6.09. The predicted octanol–water partition coefficient (Wildman–Crippen LogP) is 4.20. The van der Waals surface area contributed by atoms with Gasteiger partial charge in [0.2, 0.25) is 5.76 Å². The van der Waals surface area contributed by atoms with Gasteiger partial charge >= 0.3 is 5.97 Å². The molecule has 1 amide bonds. The van der Waals surface area contributed by atoms with Gasteiger partial charge in [-0.2, -0.15) is 0 Å². The number of nitrogens with one attached hydrogen (secondary N) is 1. The number of amides is 1. The Morgan fingerprint density at radius 1 is 1.19 bits per heavy atom. The zero-order valence-electron chi connectivity index (χ0n) is 14.9. The summed E-state index contributed by atoms with van der Waals surface area (Å²) in [6, 6.07) is 12.0. The third-order valence-electron chi connectivity index (χ3n) is 3.99. The quantitative estimate of drug-likeness (QED) is 0.641. The van der Waals surface area contributed by atoms with Gasteiger partial charge in [0.15, 0.2) is 0 Å². The first-order valence-electron chi connectivity index (χ1n) is 8.34. The monoisotopic (exact) mass is 387 g/mol. The number of rotatable bonds is 6. The third kappa shape index (κ3) is 3.90. The summed E-state index contributed by atoms with van der Waals surface area (Å²) in [4.78, 5) is 24.8. The molecule has 0 spiro atoms. The number of hydrogen-bond acceptors (Lipinski definition) is 5. The van der Waals surface area contributed by atoms with Crippen molar-refractivity contribution in [2.24, 2.45) is 0 Å². The molecule has 0 unspecified atom stereocenters. The fourth-order valence-corrected chi connectivity index (χ4v) is 2.93. The summed E-state index contributed by atoms with van der Waals surface area (Å²) >= 11 is 5.99. The highest BCUT2D eigenvalue weighted by molar-refractivity contribution is 6.31. The van der Waals surface area contributed by atoms with Crippen LogP contribution >= 0.6 is 11.6 Å². The highest BCUT2D eigenvalue weighted by atomic mass is 35.5. The summed E-state index contributed by atoms with van der Waals surface area (Å²) in [5.41, 5.74) is 1.40. The highest BCUT2D eigenvalue weighted by Crippen LogP contribution is 2.27. The van der Waals surface area contributed by atoms with Crippen LogP contribution in [0.3, 0.4) is 0 Å². The van der Waals surface area contributed by atoms with Crippen LogP contribution in [0.15, 0.2) is 46.9 Å². The number of carbonyl (C=O) groups excluding carboxylic acids is 2. The van der Waals surface area contributed by atoms with Gasteiger partial charge in [-0.25, -0.2) is 4.79 Å². The van der Waals surface area contributed by atoms with Crippen molar-refractivity contribution in [2.45, 2.75) is 13.5 Å². The lowest BCUT2D eigenvalue weighted by molar-refractivity contribution is 0.0490. The number of carbonyl (C=O) groups is 2. The maximum absolute atomic E-state index is 12.6. The van der Waals surface area contributed by atoms with Crippen LogP contribution in [-0.2, 0) is 11.3 Å². The number of para-hydroxylation sites is 1. The smallest absolute Gasteiger partial charge is 0.374 e. The van der Waals surface area contributed by atoms with Gasteiger partial charge in [-0.1, -0.05) is 29.8 Å². The number of furan rings is 1. The Hall–Kier alpha value is -2.99. The predicted molar refractivity (Wildman–Crippen MR) is 101 cm³/mol. The van der Waals surface area contributed by atoms with E-state index in [0.29, 0.717) is 27.5 Å². The molecule has 3 aromatic rings. The molecule has 0 saturated heterocycles. The Kier molecular flexibility index (Phi) is 5.66. The first-order valence-corrected chi connectivity index (χ1v) is 8.72. The number of hydrogen-bond donors (Lipinski definition) is 1. The molecule has 0 aliphatic rings. The molecular weight excluding hydrogens is 370 g/mol. The van der Waals surface area contributed by atoms with Crippen LogP contribution in [0.4, 0.5) is 0 Å². The van der Waals surface area contributed by atoms with Crippen LogP contribution in [0.25, 0.3) is 11.0 Å². The van der Waals surface area contributed by atoms with E-state index in [9.17, 15) is 9.59 Å². The van der Waals surface area contributed by atoms with Crippen molar-refractivity contribution in [3.63, 3.8) is 0 Å². The van der Waals surface area contributed by atoms with E-state index in [4.69, 9.17) is 25.5 Å². The molecule has 0 aliphatic carbocycles. The van der Waals surface area contributed by atoms with Gasteiger partial charge in [-0.15, -0.1) is 0 Å². The highest BCUT2D eigenvalue weighted by Gasteiger charge is 2.22. The van der Waals surface area contributed by atoms with Crippen LogP contribution in [0.2, 0.25) is 5.02 Å². The van der Waals surface area contributed by atoms with Gasteiger partial charge in [0.05, 0.1) is 19.3 Å². The van der Waals surface area contributed by atoms with Crippen LogP contribution in [-0.4, -0.2) is 25.6 Å². The number of halogens is 1. The molecule has 0 bridgehead atoms. The Morgan fingerprint density at radius 3 is 2.70 bits per heavy atom. The minimum absolute atomic E-state index is 0.0800. The van der Waals surface area contributed by atoms with E-state index in [1.54, 1.807) is 31.2 Å². The van der Waals surface area contributed by atoms with Gasteiger partial charge in [-0.3, -0.25) is 4.79 Å². The van der Waals surface area contributed by atoms with E-state index in [2.05, 4.69) is 5.32 Å². The minimum atomic E-state index is -0.571. The summed E-state index contributed by atoms with van der Waals surface area (Å²) in [5.74, 6) is -0.469. The number of ether oxygens (including phenoxy) is 2. The molecule has 1 heterocycles. The van der Waals surface area contributed by atoms with Crippen LogP contribution < -0.4 is 10.1 Å². The lowest BCUT2D eigenvalue weighted by Gasteiger charge is -2.10. The van der Waals surface area contributed by atoms with E-state index >= 15 is 0 Å². The van der Waals surface area contributed by atoms with Crippen molar-refractivity contribution in [3.8, 4) is 5.75 Å². The first kappa shape index (κ1) is 18.8. The zero-order chi connectivity index (χ0) is 19.4. The summed E-state index contributed by atoms with van der Waals surface area (Å²) in [6.45, 7) is 2.02. The van der Waals surface area contributed by atoms with E-state index in [-0.39, 0.29) is 24.8 Å². The lowest BCUT2D eigenvalue weighted by atomic mass is 10.1. The van der Waals surface area contributed by atoms with Crippen molar-refractivity contribution in [1.29, 1.82) is 0 Å². The zero-order valence-corrected chi connectivity index (χ0v) is 15.6. The Bertz CT molecular complexity index is 995. The SMILES string of the molecule is CCOC(=O)c1oc2ccccc2c1CNC(=O)c1cc(Cl)ccc1OC. The molecule has 0 radical (unpaired) electrons. The second-order valence-electron chi connectivity index (χ2n) is 5.65. The number of esters is 1. The Balaban J connectivity index is 1.90. The van der Waals surface area contributed by atoms with E-state index in [1.165, 1.54) is 13.2 Å². The Morgan fingerprint density at radius 2 is 1.96 bits per heavy atom. The second kappa shape index (κ2) is 8.14. The van der Waals surface area contributed by atoms with E-state index in [1.807, 2.05) is 12.1 Å². The Labute approximate surface area is 161 Å². The first-order chi connectivity index (χ1) is 13.0. The molecule has 1 aromatic heterocycles. The summed E-state index contributed by atoms with van der Waals surface area (Å²) in [7, 11) is 1.47. The standard InChI is InChI=1S/C20H18ClNO5/c1-3-26-20(24)18-15(13-6-4-5-7-17(13)27-18)11-22-19(23)14-10-12(21)8-9-16(14)25-2/h4-10H,3,11H2,1-2H3,(H,22,23). The van der Waals surface area contributed by atoms with Gasteiger partial charge in [0.1, 0.15) is 11.3 Å². The third-order valence-corrected chi connectivity index (χ3v) is 4.23. The van der Waals surface area contributed by atoms with Gasteiger partial charge in [-0.05, 0) is 31.2 Å². The molecule has 0 atom stereocenters. The average molecular weight is 388 g/mol. The normalized spacial score (nSPS) is 10.6. The molecule has 27 heavy (non-hydrogen) atoms. The summed E-state index contributed by atoms with van der Waals surface area (Å²) in [6.07, 6.45) is 0. The van der Waals surface area contributed by atoms with Gasteiger partial charge in [0, 0.05) is 22.5 Å². The molecule has 2 aromatic carbocycles. The van der Waals surface area contributed by atoms with Crippen molar-refractivity contribution < 1.29 is 23.5 Å². The molecule has 0 aliphatic heterocycles. The molecule has 6 nitrogen and oxygen atoms in total. The molecule has 0 saturated carbocycles. The van der Waals surface area contributed by atoms with Gasteiger partial charge < -0.3 is 19.2 Å². The number of benzene rings is 2. The number of fused-ring (bicyclic) bond motifs is 1. The van der Waals surface area contributed by atoms with Crippen molar-refractivity contribution >= 4 is 34.4 Å². The topological polar surface area (TPSA) is 77.8 Å². The summed E-state index contributed by atoms with van der Waals surface area (Å²) < 4.78 is 15.9. The fourth-order valence-electron chi connectivity index (χ4n) is 2.76. The van der Waals surface area contributed by atoms with Crippen molar-refractivity contribution in [2.75, 3.05) is 13.7 Å². The van der Waals surface area contributed by atoms with Crippen molar-refractivity contribution in [1.82, 2.24) is 5.32 Å². The van der Waals surface area contributed by atoms with E-state index < -0.39 is 5.97 Å². The molecule has 3 rings (SSSR count). The maximum atomic E-state index is 12.6. The molecule has 7 heteroatoms.